The van der Waals surface area contributed by atoms with E-state index >= 15 is 0 Å². The van der Waals surface area contributed by atoms with E-state index in [0.29, 0.717) is 42.2 Å². The zero-order valence-electron chi connectivity index (χ0n) is 17.6. The SMILES string of the molecule is Cc1c(F)cccc1NC(=O)N1CCC(Oc2ncccc2C(=O)N2CCCCC2)C1. The molecule has 3 heterocycles. The fraction of sp³-hybridized carbons (Fsp3) is 0.435. The van der Waals surface area contributed by atoms with Gasteiger partial charge >= 0.3 is 6.03 Å². The van der Waals surface area contributed by atoms with Crippen LogP contribution in [0.15, 0.2) is 36.5 Å². The summed E-state index contributed by atoms with van der Waals surface area (Å²) in [6.07, 6.45) is 5.15. The Balaban J connectivity index is 1.39. The van der Waals surface area contributed by atoms with Crippen LogP contribution in [0.25, 0.3) is 0 Å². The predicted molar refractivity (Wildman–Crippen MR) is 115 cm³/mol. The van der Waals surface area contributed by atoms with E-state index in [1.54, 1.807) is 42.3 Å². The summed E-state index contributed by atoms with van der Waals surface area (Å²) in [5.41, 5.74) is 1.31. The minimum absolute atomic E-state index is 0.0584. The summed E-state index contributed by atoms with van der Waals surface area (Å²) in [5.74, 6) is -0.107. The second-order valence-corrected chi connectivity index (χ2v) is 8.03. The number of urea groups is 1. The van der Waals surface area contributed by atoms with Gasteiger partial charge in [-0.1, -0.05) is 6.07 Å². The van der Waals surface area contributed by atoms with Crippen molar-refractivity contribution in [3.8, 4) is 5.88 Å². The zero-order valence-corrected chi connectivity index (χ0v) is 17.6. The molecule has 2 saturated heterocycles. The van der Waals surface area contributed by atoms with Crippen molar-refractivity contribution < 1.29 is 18.7 Å². The number of hydrogen-bond donors (Lipinski definition) is 1. The molecule has 4 rings (SSSR count). The van der Waals surface area contributed by atoms with Crippen molar-refractivity contribution in [2.75, 3.05) is 31.5 Å². The Morgan fingerprint density at radius 2 is 1.90 bits per heavy atom. The van der Waals surface area contributed by atoms with Gasteiger partial charge in [0.25, 0.3) is 5.91 Å². The lowest BCUT2D eigenvalue weighted by Crippen LogP contribution is -2.36. The van der Waals surface area contributed by atoms with Crippen LogP contribution in [0.4, 0.5) is 14.9 Å². The Labute approximate surface area is 181 Å². The summed E-state index contributed by atoms with van der Waals surface area (Å²) in [4.78, 5) is 33.3. The van der Waals surface area contributed by atoms with E-state index < -0.39 is 0 Å². The average molecular weight is 426 g/mol. The lowest BCUT2D eigenvalue weighted by Gasteiger charge is -2.27. The number of carbonyl (C=O) groups is 2. The number of hydrogen-bond acceptors (Lipinski definition) is 4. The van der Waals surface area contributed by atoms with Gasteiger partial charge in [0.2, 0.25) is 5.88 Å². The molecule has 1 N–H and O–H groups in total. The van der Waals surface area contributed by atoms with E-state index in [4.69, 9.17) is 4.74 Å². The molecule has 2 aliphatic rings. The predicted octanol–water partition coefficient (Wildman–Crippen LogP) is 3.84. The number of halogens is 1. The first-order chi connectivity index (χ1) is 15.0. The number of anilines is 1. The lowest BCUT2D eigenvalue weighted by atomic mass is 10.1. The van der Waals surface area contributed by atoms with Gasteiger partial charge < -0.3 is 19.9 Å². The van der Waals surface area contributed by atoms with Crippen LogP contribution in [-0.4, -0.2) is 59.0 Å². The van der Waals surface area contributed by atoms with Crippen LogP contribution in [0, 0.1) is 12.7 Å². The second-order valence-electron chi connectivity index (χ2n) is 8.03. The molecule has 164 valence electrons. The molecule has 2 aliphatic heterocycles. The van der Waals surface area contributed by atoms with Gasteiger partial charge in [0.15, 0.2) is 0 Å². The maximum atomic E-state index is 13.7. The molecule has 7 nitrogen and oxygen atoms in total. The highest BCUT2D eigenvalue weighted by molar-refractivity contribution is 5.96. The fourth-order valence-corrected chi connectivity index (χ4v) is 4.02. The van der Waals surface area contributed by atoms with Gasteiger partial charge in [0.05, 0.1) is 6.54 Å². The van der Waals surface area contributed by atoms with E-state index in [-0.39, 0.29) is 23.9 Å². The summed E-state index contributed by atoms with van der Waals surface area (Å²) in [5, 5.41) is 2.77. The number of carbonyl (C=O) groups excluding carboxylic acids is 2. The Morgan fingerprint density at radius 1 is 1.10 bits per heavy atom. The number of nitrogens with one attached hydrogen (secondary N) is 1. The highest BCUT2D eigenvalue weighted by atomic mass is 19.1. The van der Waals surface area contributed by atoms with E-state index in [1.807, 2.05) is 4.90 Å². The van der Waals surface area contributed by atoms with E-state index in [0.717, 1.165) is 32.4 Å². The lowest BCUT2D eigenvalue weighted by molar-refractivity contribution is 0.0715. The van der Waals surface area contributed by atoms with E-state index in [2.05, 4.69) is 10.3 Å². The van der Waals surface area contributed by atoms with Crippen LogP contribution in [0.1, 0.15) is 41.6 Å². The third-order valence-corrected chi connectivity index (χ3v) is 5.86. The number of rotatable bonds is 4. The van der Waals surface area contributed by atoms with Crippen LogP contribution in [0.2, 0.25) is 0 Å². The monoisotopic (exact) mass is 426 g/mol. The topological polar surface area (TPSA) is 74.8 Å². The highest BCUT2D eigenvalue weighted by Crippen LogP contribution is 2.24. The van der Waals surface area contributed by atoms with Crippen molar-refractivity contribution in [2.24, 2.45) is 0 Å². The molecular weight excluding hydrogens is 399 g/mol. The second kappa shape index (κ2) is 9.32. The zero-order chi connectivity index (χ0) is 21.8. The number of amides is 3. The minimum Gasteiger partial charge on any atom is -0.472 e. The largest absolute Gasteiger partial charge is 0.472 e. The van der Waals surface area contributed by atoms with Crippen molar-refractivity contribution >= 4 is 17.6 Å². The van der Waals surface area contributed by atoms with E-state index in [1.165, 1.54) is 6.07 Å². The number of aromatic nitrogens is 1. The number of nitrogens with zero attached hydrogens (tertiary/aromatic N) is 3. The Bertz CT molecular complexity index is 962. The summed E-state index contributed by atoms with van der Waals surface area (Å²) < 4.78 is 19.8. The van der Waals surface area contributed by atoms with Gasteiger partial charge in [-0.25, -0.2) is 14.2 Å². The molecule has 31 heavy (non-hydrogen) atoms. The van der Waals surface area contributed by atoms with Crippen LogP contribution >= 0.6 is 0 Å². The first-order valence-electron chi connectivity index (χ1n) is 10.7. The fourth-order valence-electron chi connectivity index (χ4n) is 4.02. The van der Waals surface area contributed by atoms with Gasteiger partial charge in [-0.15, -0.1) is 0 Å². The van der Waals surface area contributed by atoms with E-state index in [9.17, 15) is 14.0 Å². The molecule has 1 aromatic heterocycles. The molecule has 0 bridgehead atoms. The first kappa shape index (κ1) is 21.1. The van der Waals surface area contributed by atoms with Crippen molar-refractivity contribution in [3.05, 3.63) is 53.5 Å². The number of piperidine rings is 1. The van der Waals surface area contributed by atoms with Crippen LogP contribution in [0.5, 0.6) is 5.88 Å². The number of pyridine rings is 1. The normalized spacial score (nSPS) is 18.7. The van der Waals surface area contributed by atoms with Crippen molar-refractivity contribution in [3.63, 3.8) is 0 Å². The van der Waals surface area contributed by atoms with Crippen molar-refractivity contribution in [1.29, 1.82) is 0 Å². The third kappa shape index (κ3) is 4.78. The summed E-state index contributed by atoms with van der Waals surface area (Å²) in [6.45, 7) is 4.01. The molecule has 1 unspecified atom stereocenters. The minimum atomic E-state index is -0.360. The van der Waals surface area contributed by atoms with Gasteiger partial charge in [-0.3, -0.25) is 4.79 Å². The maximum Gasteiger partial charge on any atom is 0.321 e. The quantitative estimate of drug-likeness (QED) is 0.806. The van der Waals surface area contributed by atoms with Gasteiger partial charge in [0, 0.05) is 43.5 Å². The molecule has 1 aromatic carbocycles. The van der Waals surface area contributed by atoms with Crippen LogP contribution < -0.4 is 10.1 Å². The number of likely N-dealkylation sites (tertiary alicyclic amines) is 2. The Hall–Kier alpha value is -3.16. The molecule has 3 amide bonds. The van der Waals surface area contributed by atoms with Crippen molar-refractivity contribution in [2.45, 2.75) is 38.7 Å². The molecule has 2 fully saturated rings. The Morgan fingerprint density at radius 3 is 2.71 bits per heavy atom. The average Bonchev–Trinajstić information content (AvgIpc) is 3.26. The van der Waals surface area contributed by atoms with Gasteiger partial charge in [-0.2, -0.15) is 0 Å². The molecule has 0 aliphatic carbocycles. The highest BCUT2D eigenvalue weighted by Gasteiger charge is 2.30. The maximum absolute atomic E-state index is 13.7. The molecular formula is C23H27FN4O3. The smallest absolute Gasteiger partial charge is 0.321 e. The van der Waals surface area contributed by atoms with Gasteiger partial charge in [0.1, 0.15) is 17.5 Å². The third-order valence-electron chi connectivity index (χ3n) is 5.86. The number of benzene rings is 1. The Kier molecular flexibility index (Phi) is 6.34. The summed E-state index contributed by atoms with van der Waals surface area (Å²) >= 11 is 0. The van der Waals surface area contributed by atoms with Crippen LogP contribution in [0.3, 0.4) is 0 Å². The summed E-state index contributed by atoms with van der Waals surface area (Å²) in [6, 6.07) is 7.78. The molecule has 0 saturated carbocycles. The standard InChI is InChI=1S/C23H27FN4O3/c1-16-19(24)8-5-9-20(16)26-23(30)28-14-10-17(15-28)31-21-18(7-6-11-25-21)22(29)27-12-3-2-4-13-27/h5-9,11,17H,2-4,10,12-15H2,1H3,(H,26,30). The van der Waals surface area contributed by atoms with Gasteiger partial charge in [-0.05, 0) is 50.5 Å². The summed E-state index contributed by atoms with van der Waals surface area (Å²) in [7, 11) is 0. The van der Waals surface area contributed by atoms with Crippen molar-refractivity contribution in [1.82, 2.24) is 14.8 Å². The molecule has 2 aromatic rings. The number of ether oxygens (including phenoxy) is 1. The molecule has 8 heteroatoms. The van der Waals surface area contributed by atoms with Crippen LogP contribution in [-0.2, 0) is 0 Å². The first-order valence-corrected chi connectivity index (χ1v) is 10.7. The molecule has 1 atom stereocenters. The molecule has 0 radical (unpaired) electrons. The molecule has 0 spiro atoms.